The summed E-state index contributed by atoms with van der Waals surface area (Å²) in [7, 11) is 0. The van der Waals surface area contributed by atoms with Gasteiger partial charge in [-0.2, -0.15) is 0 Å². The van der Waals surface area contributed by atoms with Crippen LogP contribution in [0.5, 0.6) is 0 Å². The molecule has 2 aromatic rings. The number of fused-ring (bicyclic) bond motifs is 2. The highest BCUT2D eigenvalue weighted by atomic mass is 16.2. The van der Waals surface area contributed by atoms with E-state index in [0.717, 1.165) is 50.0 Å². The summed E-state index contributed by atoms with van der Waals surface area (Å²) in [6.45, 7) is 1.98. The second-order valence-electron chi connectivity index (χ2n) is 8.03. The Labute approximate surface area is 163 Å². The molecule has 0 radical (unpaired) electrons. The molecule has 1 aliphatic carbocycles. The van der Waals surface area contributed by atoms with Gasteiger partial charge in [0.2, 0.25) is 11.8 Å². The van der Waals surface area contributed by atoms with E-state index in [4.69, 9.17) is 0 Å². The molecule has 0 unspecified atom stereocenters. The SMILES string of the molecule is O=C(Cc1cnccn1)N1CCC2(CC1)c1nc[nH]c1CCN2C(=O)C1CC1. The minimum atomic E-state index is -0.378. The molecule has 1 saturated carbocycles. The maximum Gasteiger partial charge on any atom is 0.228 e. The van der Waals surface area contributed by atoms with Gasteiger partial charge in [0.25, 0.3) is 0 Å². The van der Waals surface area contributed by atoms with E-state index >= 15 is 0 Å². The van der Waals surface area contributed by atoms with Gasteiger partial charge in [-0.3, -0.25) is 19.6 Å². The molecule has 0 atom stereocenters. The molecule has 1 saturated heterocycles. The molecular formula is C20H24N6O2. The van der Waals surface area contributed by atoms with Crippen LogP contribution in [0, 0.1) is 5.92 Å². The van der Waals surface area contributed by atoms with Crippen LogP contribution < -0.4 is 0 Å². The second-order valence-corrected chi connectivity index (χ2v) is 8.03. The number of aromatic amines is 1. The molecule has 2 amide bonds. The van der Waals surface area contributed by atoms with Gasteiger partial charge in [-0.15, -0.1) is 0 Å². The highest BCUT2D eigenvalue weighted by Gasteiger charge is 2.51. The predicted molar refractivity (Wildman–Crippen MR) is 100.0 cm³/mol. The number of amides is 2. The second kappa shape index (κ2) is 6.68. The number of likely N-dealkylation sites (tertiary alicyclic amines) is 1. The topological polar surface area (TPSA) is 95.1 Å². The summed E-state index contributed by atoms with van der Waals surface area (Å²) in [6.07, 6.45) is 11.1. The third kappa shape index (κ3) is 2.87. The highest BCUT2D eigenvalue weighted by Crippen LogP contribution is 2.45. The Hall–Kier alpha value is -2.77. The van der Waals surface area contributed by atoms with Crippen molar-refractivity contribution in [3.63, 3.8) is 0 Å². The standard InChI is InChI=1S/C20H24N6O2/c27-17(11-15-12-21-6-7-22-15)25-9-4-20(5-10-25)18-16(23-13-24-18)3-8-26(20)19(28)14-1-2-14/h6-7,12-14H,1-5,8-11H2,(H,23,24). The van der Waals surface area contributed by atoms with Crippen molar-refractivity contribution in [2.24, 2.45) is 5.92 Å². The minimum absolute atomic E-state index is 0.0634. The fourth-order valence-corrected chi connectivity index (χ4v) is 4.67. The van der Waals surface area contributed by atoms with Gasteiger partial charge >= 0.3 is 0 Å². The van der Waals surface area contributed by atoms with Crippen LogP contribution >= 0.6 is 0 Å². The first-order valence-electron chi connectivity index (χ1n) is 10.0. The van der Waals surface area contributed by atoms with Crippen molar-refractivity contribution in [3.05, 3.63) is 42.0 Å². The Morgan fingerprint density at radius 2 is 1.96 bits per heavy atom. The van der Waals surface area contributed by atoms with Gasteiger partial charge in [0.1, 0.15) is 0 Å². The summed E-state index contributed by atoms with van der Waals surface area (Å²) < 4.78 is 0. The third-order valence-electron chi connectivity index (χ3n) is 6.35. The number of hydrogen-bond acceptors (Lipinski definition) is 5. The van der Waals surface area contributed by atoms with Crippen molar-refractivity contribution in [1.82, 2.24) is 29.7 Å². The van der Waals surface area contributed by atoms with Gasteiger partial charge in [-0.1, -0.05) is 0 Å². The van der Waals surface area contributed by atoms with Gasteiger partial charge in [-0.05, 0) is 25.7 Å². The Morgan fingerprint density at radius 3 is 2.68 bits per heavy atom. The predicted octanol–water partition coefficient (Wildman–Crippen LogP) is 1.05. The van der Waals surface area contributed by atoms with Crippen LogP contribution in [0.3, 0.4) is 0 Å². The monoisotopic (exact) mass is 380 g/mol. The minimum Gasteiger partial charge on any atom is -0.348 e. The number of H-pyrrole nitrogens is 1. The lowest BCUT2D eigenvalue weighted by atomic mass is 9.78. The number of hydrogen-bond donors (Lipinski definition) is 1. The van der Waals surface area contributed by atoms with Crippen molar-refractivity contribution < 1.29 is 9.59 Å². The number of rotatable bonds is 3. The molecule has 2 aromatic heterocycles. The highest BCUT2D eigenvalue weighted by molar-refractivity contribution is 5.82. The van der Waals surface area contributed by atoms with E-state index in [1.807, 2.05) is 4.90 Å². The average Bonchev–Trinajstić information content (AvgIpc) is 3.46. The molecule has 0 bridgehead atoms. The molecule has 8 heteroatoms. The first-order chi connectivity index (χ1) is 13.7. The number of carbonyl (C=O) groups is 2. The number of imidazole rings is 1. The number of nitrogens with one attached hydrogen (secondary N) is 1. The van der Waals surface area contributed by atoms with E-state index in [2.05, 4.69) is 24.8 Å². The lowest BCUT2D eigenvalue weighted by Gasteiger charge is -2.50. The summed E-state index contributed by atoms with van der Waals surface area (Å²) in [5.41, 5.74) is 2.45. The number of piperidine rings is 1. The molecule has 28 heavy (non-hydrogen) atoms. The largest absolute Gasteiger partial charge is 0.348 e. The Balaban J connectivity index is 1.35. The van der Waals surface area contributed by atoms with E-state index in [1.54, 1.807) is 24.9 Å². The molecule has 1 spiro atoms. The van der Waals surface area contributed by atoms with Gasteiger partial charge < -0.3 is 14.8 Å². The molecule has 2 fully saturated rings. The normalized spacial score (nSPS) is 20.9. The summed E-state index contributed by atoms with van der Waals surface area (Å²) >= 11 is 0. The Kier molecular flexibility index (Phi) is 4.14. The zero-order valence-corrected chi connectivity index (χ0v) is 15.8. The fraction of sp³-hybridized carbons (Fsp3) is 0.550. The van der Waals surface area contributed by atoms with Crippen LogP contribution in [-0.2, 0) is 28.0 Å². The van der Waals surface area contributed by atoms with Crippen LogP contribution in [-0.4, -0.2) is 61.2 Å². The van der Waals surface area contributed by atoms with Gasteiger partial charge in [-0.25, -0.2) is 4.98 Å². The molecule has 0 aromatic carbocycles. The molecule has 146 valence electrons. The van der Waals surface area contributed by atoms with Crippen LogP contribution in [0.4, 0.5) is 0 Å². The Morgan fingerprint density at radius 1 is 1.14 bits per heavy atom. The maximum absolute atomic E-state index is 13.0. The van der Waals surface area contributed by atoms with Crippen molar-refractivity contribution in [2.75, 3.05) is 19.6 Å². The van der Waals surface area contributed by atoms with E-state index in [1.165, 1.54) is 0 Å². The average molecular weight is 380 g/mol. The lowest BCUT2D eigenvalue weighted by Crippen LogP contribution is -2.59. The summed E-state index contributed by atoms with van der Waals surface area (Å²) in [5.74, 6) is 0.523. The lowest BCUT2D eigenvalue weighted by molar-refractivity contribution is -0.145. The van der Waals surface area contributed by atoms with E-state index in [9.17, 15) is 9.59 Å². The van der Waals surface area contributed by atoms with Crippen LogP contribution in [0.1, 0.15) is 42.8 Å². The molecule has 5 rings (SSSR count). The van der Waals surface area contributed by atoms with E-state index in [-0.39, 0.29) is 29.7 Å². The quantitative estimate of drug-likeness (QED) is 0.859. The number of nitrogens with zero attached hydrogens (tertiary/aromatic N) is 5. The van der Waals surface area contributed by atoms with Crippen molar-refractivity contribution >= 4 is 11.8 Å². The van der Waals surface area contributed by atoms with Crippen molar-refractivity contribution in [1.29, 1.82) is 0 Å². The van der Waals surface area contributed by atoms with Gasteiger partial charge in [0.05, 0.1) is 29.7 Å². The number of aromatic nitrogens is 4. The van der Waals surface area contributed by atoms with Crippen LogP contribution in [0.25, 0.3) is 0 Å². The van der Waals surface area contributed by atoms with Gasteiger partial charge in [0.15, 0.2) is 0 Å². The van der Waals surface area contributed by atoms with E-state index < -0.39 is 0 Å². The Bertz CT molecular complexity index is 883. The summed E-state index contributed by atoms with van der Waals surface area (Å²) in [6, 6.07) is 0. The molecule has 1 N–H and O–H groups in total. The molecule has 8 nitrogen and oxygen atoms in total. The van der Waals surface area contributed by atoms with Gasteiger partial charge in [0, 0.05) is 56.3 Å². The smallest absolute Gasteiger partial charge is 0.228 e. The van der Waals surface area contributed by atoms with Crippen molar-refractivity contribution in [3.8, 4) is 0 Å². The fourth-order valence-electron chi connectivity index (χ4n) is 4.67. The molecular weight excluding hydrogens is 356 g/mol. The van der Waals surface area contributed by atoms with Crippen molar-refractivity contribution in [2.45, 2.75) is 44.1 Å². The summed E-state index contributed by atoms with van der Waals surface area (Å²) in [4.78, 5) is 45.8. The van der Waals surface area contributed by atoms with Crippen LogP contribution in [0.2, 0.25) is 0 Å². The summed E-state index contributed by atoms with van der Waals surface area (Å²) in [5, 5.41) is 0. The number of carbonyl (C=O) groups excluding carboxylic acids is 2. The molecule has 3 aliphatic rings. The molecule has 2 aliphatic heterocycles. The third-order valence-corrected chi connectivity index (χ3v) is 6.35. The van der Waals surface area contributed by atoms with E-state index in [0.29, 0.717) is 18.8 Å². The van der Waals surface area contributed by atoms with Crippen LogP contribution in [0.15, 0.2) is 24.9 Å². The first kappa shape index (κ1) is 17.3. The zero-order valence-electron chi connectivity index (χ0n) is 15.8. The first-order valence-corrected chi connectivity index (χ1v) is 10.0. The molecule has 4 heterocycles. The zero-order chi connectivity index (χ0) is 19.1. The maximum atomic E-state index is 13.0.